The monoisotopic (exact) mass is 404 g/mol. The molecule has 2 aromatic rings. The van der Waals surface area contributed by atoms with Crippen molar-refractivity contribution < 1.29 is 9.32 Å². The summed E-state index contributed by atoms with van der Waals surface area (Å²) < 4.78 is 6.02. The Kier molecular flexibility index (Phi) is 4.39. The van der Waals surface area contributed by atoms with Crippen LogP contribution in [-0.4, -0.2) is 11.1 Å². The zero-order valence-corrected chi connectivity index (χ0v) is 14.2. The molecule has 6 heteroatoms. The van der Waals surface area contributed by atoms with Crippen LogP contribution >= 0.6 is 34.2 Å². The van der Waals surface area contributed by atoms with Crippen LogP contribution in [0.15, 0.2) is 28.8 Å². The molecule has 2 rings (SSSR count). The maximum atomic E-state index is 12.1. The van der Waals surface area contributed by atoms with Crippen LogP contribution < -0.4 is 5.32 Å². The topological polar surface area (TPSA) is 55.1 Å². The van der Waals surface area contributed by atoms with E-state index in [-0.39, 0.29) is 11.3 Å². The largest absolute Gasteiger partial charge is 0.338 e. The number of aromatic nitrogens is 1. The molecular formula is C14H14ClIN2O2. The van der Waals surface area contributed by atoms with Crippen LogP contribution in [0.3, 0.4) is 0 Å². The highest BCUT2D eigenvalue weighted by Crippen LogP contribution is 2.24. The van der Waals surface area contributed by atoms with Gasteiger partial charge in [0.2, 0.25) is 5.88 Å². The molecule has 0 radical (unpaired) electrons. The molecule has 0 aliphatic heterocycles. The fourth-order valence-electron chi connectivity index (χ4n) is 1.51. The standard InChI is InChI=1S/C14H14ClIN2O2/c1-14(2,3)11-7-12(20-18-11)17-13(19)8-4-5-10(16)9(15)6-8/h4-7H,1-3H3,(H,17,19). The predicted octanol–water partition coefficient (Wildman–Crippen LogP) is 4.48. The molecule has 0 saturated carbocycles. The van der Waals surface area contributed by atoms with Crippen molar-refractivity contribution in [3.8, 4) is 0 Å². The van der Waals surface area contributed by atoms with E-state index in [9.17, 15) is 4.79 Å². The molecule has 1 amide bonds. The summed E-state index contributed by atoms with van der Waals surface area (Å²) in [7, 11) is 0. The van der Waals surface area contributed by atoms with Crippen molar-refractivity contribution in [1.82, 2.24) is 5.16 Å². The maximum Gasteiger partial charge on any atom is 0.258 e. The third kappa shape index (κ3) is 3.52. The van der Waals surface area contributed by atoms with Gasteiger partial charge in [0, 0.05) is 20.6 Å². The molecule has 0 spiro atoms. The Morgan fingerprint density at radius 2 is 2.05 bits per heavy atom. The summed E-state index contributed by atoms with van der Waals surface area (Å²) in [6.07, 6.45) is 0. The molecule has 106 valence electrons. The molecule has 0 atom stereocenters. The molecule has 0 saturated heterocycles. The van der Waals surface area contributed by atoms with Crippen LogP contribution in [0.1, 0.15) is 36.8 Å². The maximum absolute atomic E-state index is 12.1. The highest BCUT2D eigenvalue weighted by atomic mass is 127. The van der Waals surface area contributed by atoms with Gasteiger partial charge in [-0.3, -0.25) is 10.1 Å². The van der Waals surface area contributed by atoms with Crippen molar-refractivity contribution in [3.05, 3.63) is 44.1 Å². The van der Waals surface area contributed by atoms with Crippen LogP contribution in [0.5, 0.6) is 0 Å². The zero-order valence-electron chi connectivity index (χ0n) is 11.3. The first-order valence-corrected chi connectivity index (χ1v) is 7.46. The van der Waals surface area contributed by atoms with Crippen molar-refractivity contribution in [3.63, 3.8) is 0 Å². The number of anilines is 1. The third-order valence-electron chi connectivity index (χ3n) is 2.70. The van der Waals surface area contributed by atoms with Crippen LogP contribution in [0.4, 0.5) is 5.88 Å². The Morgan fingerprint density at radius 3 is 2.60 bits per heavy atom. The number of amides is 1. The van der Waals surface area contributed by atoms with Gasteiger partial charge in [0.05, 0.1) is 10.7 Å². The number of nitrogens with one attached hydrogen (secondary N) is 1. The SMILES string of the molecule is CC(C)(C)c1cc(NC(=O)c2ccc(I)c(Cl)c2)on1. The van der Waals surface area contributed by atoms with E-state index < -0.39 is 0 Å². The Labute approximate surface area is 136 Å². The molecule has 1 aromatic heterocycles. The quantitative estimate of drug-likeness (QED) is 0.751. The van der Waals surface area contributed by atoms with Crippen molar-refractivity contribution in [2.75, 3.05) is 5.32 Å². The fourth-order valence-corrected chi connectivity index (χ4v) is 2.03. The van der Waals surface area contributed by atoms with Gasteiger partial charge >= 0.3 is 0 Å². The van der Waals surface area contributed by atoms with Crippen molar-refractivity contribution in [1.29, 1.82) is 0 Å². The lowest BCUT2D eigenvalue weighted by Crippen LogP contribution is -2.12. The molecule has 0 unspecified atom stereocenters. The summed E-state index contributed by atoms with van der Waals surface area (Å²) in [5, 5.41) is 7.16. The van der Waals surface area contributed by atoms with Gasteiger partial charge in [-0.2, -0.15) is 0 Å². The smallest absolute Gasteiger partial charge is 0.258 e. The lowest BCUT2D eigenvalue weighted by atomic mass is 9.92. The second-order valence-electron chi connectivity index (χ2n) is 5.41. The van der Waals surface area contributed by atoms with E-state index in [1.807, 2.05) is 20.8 Å². The van der Waals surface area contributed by atoms with E-state index in [1.54, 1.807) is 24.3 Å². The molecule has 0 aliphatic rings. The number of rotatable bonds is 2. The Balaban J connectivity index is 2.15. The predicted molar refractivity (Wildman–Crippen MR) is 87.3 cm³/mol. The Morgan fingerprint density at radius 1 is 1.35 bits per heavy atom. The molecule has 1 aromatic carbocycles. The third-order valence-corrected chi connectivity index (χ3v) is 4.27. The van der Waals surface area contributed by atoms with E-state index >= 15 is 0 Å². The summed E-state index contributed by atoms with van der Waals surface area (Å²) in [6.45, 7) is 6.07. The van der Waals surface area contributed by atoms with Gasteiger partial charge in [-0.15, -0.1) is 0 Å². The Hall–Kier alpha value is -1.08. The average Bonchev–Trinajstić information content (AvgIpc) is 2.81. The van der Waals surface area contributed by atoms with Gasteiger partial charge in [-0.25, -0.2) is 0 Å². The lowest BCUT2D eigenvalue weighted by molar-refractivity contribution is 0.102. The second kappa shape index (κ2) is 5.73. The minimum Gasteiger partial charge on any atom is -0.338 e. The molecule has 4 nitrogen and oxygen atoms in total. The highest BCUT2D eigenvalue weighted by molar-refractivity contribution is 14.1. The van der Waals surface area contributed by atoms with E-state index in [2.05, 4.69) is 33.1 Å². The minimum atomic E-state index is -0.278. The fraction of sp³-hybridized carbons (Fsp3) is 0.286. The van der Waals surface area contributed by atoms with Crippen molar-refractivity contribution >= 4 is 46.0 Å². The minimum absolute atomic E-state index is 0.126. The second-order valence-corrected chi connectivity index (χ2v) is 6.98. The number of benzene rings is 1. The van der Waals surface area contributed by atoms with E-state index in [0.29, 0.717) is 16.5 Å². The first-order valence-electron chi connectivity index (χ1n) is 6.01. The summed E-state index contributed by atoms with van der Waals surface area (Å²) >= 11 is 8.11. The molecule has 0 aliphatic carbocycles. The van der Waals surface area contributed by atoms with Crippen LogP contribution in [0.25, 0.3) is 0 Å². The van der Waals surface area contributed by atoms with Gasteiger partial charge in [-0.05, 0) is 40.8 Å². The van der Waals surface area contributed by atoms with Gasteiger partial charge in [0.15, 0.2) is 0 Å². The van der Waals surface area contributed by atoms with Gasteiger partial charge in [0.25, 0.3) is 5.91 Å². The van der Waals surface area contributed by atoms with E-state index in [1.165, 1.54) is 0 Å². The lowest BCUT2D eigenvalue weighted by Gasteiger charge is -2.12. The van der Waals surface area contributed by atoms with Gasteiger partial charge < -0.3 is 4.52 Å². The van der Waals surface area contributed by atoms with Crippen LogP contribution in [0, 0.1) is 3.57 Å². The van der Waals surface area contributed by atoms with E-state index in [0.717, 1.165) is 9.26 Å². The molecule has 1 heterocycles. The highest BCUT2D eigenvalue weighted by Gasteiger charge is 2.20. The molecule has 20 heavy (non-hydrogen) atoms. The Bertz CT molecular complexity index is 647. The zero-order chi connectivity index (χ0) is 14.9. The summed E-state index contributed by atoms with van der Waals surface area (Å²) in [5.41, 5.74) is 1.14. The molecule has 1 N–H and O–H groups in total. The average molecular weight is 405 g/mol. The molecule has 0 bridgehead atoms. The van der Waals surface area contributed by atoms with Crippen molar-refractivity contribution in [2.24, 2.45) is 0 Å². The van der Waals surface area contributed by atoms with Crippen LogP contribution in [0.2, 0.25) is 5.02 Å². The number of hydrogen-bond acceptors (Lipinski definition) is 3. The van der Waals surface area contributed by atoms with E-state index in [4.69, 9.17) is 16.1 Å². The normalized spacial score (nSPS) is 11.4. The first-order chi connectivity index (χ1) is 9.27. The summed E-state index contributed by atoms with van der Waals surface area (Å²) in [4.78, 5) is 12.1. The summed E-state index contributed by atoms with van der Waals surface area (Å²) in [6, 6.07) is 6.86. The number of hydrogen-bond donors (Lipinski definition) is 1. The molecular weight excluding hydrogens is 391 g/mol. The molecule has 0 fully saturated rings. The van der Waals surface area contributed by atoms with Gasteiger partial charge in [-0.1, -0.05) is 37.5 Å². The van der Waals surface area contributed by atoms with Crippen molar-refractivity contribution in [2.45, 2.75) is 26.2 Å². The number of halogens is 2. The summed E-state index contributed by atoms with van der Waals surface area (Å²) in [5.74, 6) is 0.0505. The number of carbonyl (C=O) groups excluding carboxylic acids is 1. The number of carbonyl (C=O) groups is 1. The number of nitrogens with zero attached hydrogens (tertiary/aromatic N) is 1. The first kappa shape index (κ1) is 15.3. The van der Waals surface area contributed by atoms with Gasteiger partial charge in [0.1, 0.15) is 0 Å². The van der Waals surface area contributed by atoms with Crippen LogP contribution in [-0.2, 0) is 5.41 Å².